The van der Waals surface area contributed by atoms with Gasteiger partial charge in [0.15, 0.2) is 0 Å². The summed E-state index contributed by atoms with van der Waals surface area (Å²) < 4.78 is 32.8. The summed E-state index contributed by atoms with van der Waals surface area (Å²) in [7, 11) is -2.18. The smallest absolute Gasteiger partial charge is 0.257 e. The number of methoxy groups -OCH3 is 1. The summed E-state index contributed by atoms with van der Waals surface area (Å²) in [5.74, 6) is 0.222. The molecule has 24 heavy (non-hydrogen) atoms. The van der Waals surface area contributed by atoms with Crippen LogP contribution in [0.4, 0.5) is 0 Å². The van der Waals surface area contributed by atoms with Crippen molar-refractivity contribution in [3.8, 4) is 5.75 Å². The first-order valence-corrected chi connectivity index (χ1v) is 9.87. The molecule has 0 unspecified atom stereocenters. The molecule has 1 saturated heterocycles. The topological polar surface area (TPSA) is 75.7 Å². The van der Waals surface area contributed by atoms with Crippen molar-refractivity contribution < 1.29 is 17.9 Å². The number of hydrogen-bond donors (Lipinski definition) is 1. The highest BCUT2D eigenvalue weighted by molar-refractivity contribution is 7.89. The molecule has 1 aliphatic heterocycles. The van der Waals surface area contributed by atoms with Crippen LogP contribution in [0.5, 0.6) is 5.75 Å². The van der Waals surface area contributed by atoms with Crippen molar-refractivity contribution in [1.29, 1.82) is 0 Å². The van der Waals surface area contributed by atoms with Crippen LogP contribution in [0.15, 0.2) is 23.1 Å². The van der Waals surface area contributed by atoms with Gasteiger partial charge in [0.2, 0.25) is 10.0 Å². The van der Waals surface area contributed by atoms with Crippen LogP contribution in [0, 0.1) is 0 Å². The molecule has 1 fully saturated rings. The van der Waals surface area contributed by atoms with Gasteiger partial charge >= 0.3 is 0 Å². The number of piperidine rings is 1. The Hall–Kier alpha value is -1.60. The average Bonchev–Trinajstić information content (AvgIpc) is 2.60. The minimum atomic E-state index is -3.66. The summed E-state index contributed by atoms with van der Waals surface area (Å²) >= 11 is 0. The van der Waals surface area contributed by atoms with Crippen LogP contribution >= 0.6 is 0 Å². The van der Waals surface area contributed by atoms with Crippen LogP contribution in [0.25, 0.3) is 0 Å². The minimum Gasteiger partial charge on any atom is -0.496 e. The first kappa shape index (κ1) is 18.7. The highest BCUT2D eigenvalue weighted by atomic mass is 32.2. The maximum Gasteiger partial charge on any atom is 0.257 e. The van der Waals surface area contributed by atoms with E-state index in [2.05, 4.69) is 4.72 Å². The van der Waals surface area contributed by atoms with Crippen molar-refractivity contribution in [3.63, 3.8) is 0 Å². The van der Waals surface area contributed by atoms with Crippen LogP contribution in [0.1, 0.15) is 49.9 Å². The first-order valence-electron chi connectivity index (χ1n) is 8.38. The number of nitrogens with zero attached hydrogens (tertiary/aromatic N) is 1. The lowest BCUT2D eigenvalue weighted by Crippen LogP contribution is -2.36. The lowest BCUT2D eigenvalue weighted by molar-refractivity contribution is 0.0720. The number of amides is 1. The van der Waals surface area contributed by atoms with Gasteiger partial charge in [0.05, 0.1) is 17.6 Å². The largest absolute Gasteiger partial charge is 0.496 e. The molecule has 6 nitrogen and oxygen atoms in total. The van der Waals surface area contributed by atoms with Crippen LogP contribution in [0.3, 0.4) is 0 Å². The maximum atomic E-state index is 12.8. The second kappa shape index (κ2) is 7.98. The number of rotatable bonds is 6. The van der Waals surface area contributed by atoms with Crippen molar-refractivity contribution >= 4 is 15.9 Å². The third-order valence-corrected chi connectivity index (χ3v) is 5.91. The van der Waals surface area contributed by atoms with Crippen molar-refractivity contribution in [2.45, 2.75) is 50.5 Å². The van der Waals surface area contributed by atoms with Crippen molar-refractivity contribution in [2.75, 3.05) is 20.2 Å². The van der Waals surface area contributed by atoms with E-state index < -0.39 is 10.0 Å². The molecule has 0 radical (unpaired) electrons. The van der Waals surface area contributed by atoms with Crippen LogP contribution < -0.4 is 9.46 Å². The van der Waals surface area contributed by atoms with Crippen molar-refractivity contribution in [1.82, 2.24) is 9.62 Å². The fourth-order valence-corrected chi connectivity index (χ4v) is 4.06. The highest BCUT2D eigenvalue weighted by Crippen LogP contribution is 2.25. The SMILES string of the molecule is CC[C@@H](C)NS(=O)(=O)c1ccc(OC)c(C(=O)N2CCCCC2)c1. The Kier molecular flexibility index (Phi) is 6.23. The van der Waals surface area contributed by atoms with E-state index in [1.54, 1.807) is 17.9 Å². The number of carbonyl (C=O) groups excluding carboxylic acids is 1. The Bertz CT molecular complexity index is 682. The van der Waals surface area contributed by atoms with Gasteiger partial charge in [-0.2, -0.15) is 0 Å². The second-order valence-corrected chi connectivity index (χ2v) is 7.86. The Morgan fingerprint density at radius 2 is 1.96 bits per heavy atom. The van der Waals surface area contributed by atoms with E-state index in [1.807, 2.05) is 6.92 Å². The van der Waals surface area contributed by atoms with E-state index in [4.69, 9.17) is 4.74 Å². The zero-order chi connectivity index (χ0) is 17.7. The highest BCUT2D eigenvalue weighted by Gasteiger charge is 2.25. The van der Waals surface area contributed by atoms with Crippen LogP contribution in [-0.4, -0.2) is 45.5 Å². The molecule has 1 N–H and O–H groups in total. The van der Waals surface area contributed by atoms with Gasteiger partial charge in [-0.15, -0.1) is 0 Å². The average molecular weight is 354 g/mol. The summed E-state index contributed by atoms with van der Waals surface area (Å²) in [5, 5.41) is 0. The number of ether oxygens (including phenoxy) is 1. The van der Waals surface area contributed by atoms with Crippen molar-refractivity contribution in [2.24, 2.45) is 0 Å². The summed E-state index contributed by atoms with van der Waals surface area (Å²) in [6, 6.07) is 4.26. The molecule has 134 valence electrons. The fourth-order valence-electron chi connectivity index (χ4n) is 2.70. The van der Waals surface area contributed by atoms with Crippen LogP contribution in [-0.2, 0) is 10.0 Å². The van der Waals surface area contributed by atoms with E-state index in [-0.39, 0.29) is 16.8 Å². The number of nitrogens with one attached hydrogen (secondary N) is 1. The summed E-state index contributed by atoms with van der Waals surface area (Å²) in [6.07, 6.45) is 3.76. The van der Waals surface area contributed by atoms with E-state index in [0.29, 0.717) is 30.8 Å². The van der Waals surface area contributed by atoms with E-state index in [1.165, 1.54) is 19.2 Å². The number of sulfonamides is 1. The van der Waals surface area contributed by atoms with Gasteiger partial charge < -0.3 is 9.64 Å². The molecular formula is C17H26N2O4S. The number of likely N-dealkylation sites (tertiary alicyclic amines) is 1. The Morgan fingerprint density at radius 1 is 1.29 bits per heavy atom. The third-order valence-electron chi connectivity index (χ3n) is 4.32. The quantitative estimate of drug-likeness (QED) is 0.851. The molecule has 2 rings (SSSR count). The van der Waals surface area contributed by atoms with Gasteiger partial charge in [-0.1, -0.05) is 6.92 Å². The summed E-state index contributed by atoms with van der Waals surface area (Å²) in [5.41, 5.74) is 0.298. The molecule has 0 aromatic heterocycles. The maximum absolute atomic E-state index is 12.8. The van der Waals surface area contributed by atoms with Crippen LogP contribution in [0.2, 0.25) is 0 Å². The molecule has 0 aliphatic carbocycles. The van der Waals surface area contributed by atoms with Gasteiger partial charge in [0.1, 0.15) is 5.75 Å². The Labute approximate surface area is 144 Å². The molecular weight excluding hydrogens is 328 g/mol. The normalized spacial score (nSPS) is 16.7. The van der Waals surface area contributed by atoms with Crippen molar-refractivity contribution in [3.05, 3.63) is 23.8 Å². The summed E-state index contributed by atoms with van der Waals surface area (Å²) in [4.78, 5) is 14.6. The van der Waals surface area contributed by atoms with Gasteiger partial charge in [0.25, 0.3) is 5.91 Å². The van der Waals surface area contributed by atoms with E-state index in [0.717, 1.165) is 19.3 Å². The molecule has 1 heterocycles. The number of carbonyl (C=O) groups is 1. The molecule has 1 aromatic carbocycles. The molecule has 0 bridgehead atoms. The molecule has 7 heteroatoms. The van der Waals surface area contributed by atoms with Gasteiger partial charge in [-0.25, -0.2) is 13.1 Å². The van der Waals surface area contributed by atoms with Gasteiger partial charge in [-0.3, -0.25) is 4.79 Å². The monoisotopic (exact) mass is 354 g/mol. The lowest BCUT2D eigenvalue weighted by Gasteiger charge is -2.27. The molecule has 1 aromatic rings. The van der Waals surface area contributed by atoms with E-state index in [9.17, 15) is 13.2 Å². The molecule has 1 atom stereocenters. The summed E-state index contributed by atoms with van der Waals surface area (Å²) in [6.45, 7) is 5.11. The predicted octanol–water partition coefficient (Wildman–Crippen LogP) is 2.40. The lowest BCUT2D eigenvalue weighted by atomic mass is 10.1. The zero-order valence-corrected chi connectivity index (χ0v) is 15.4. The first-order chi connectivity index (χ1) is 11.4. The second-order valence-electron chi connectivity index (χ2n) is 6.15. The number of benzene rings is 1. The fraction of sp³-hybridized carbons (Fsp3) is 0.588. The van der Waals surface area contributed by atoms with Gasteiger partial charge in [0, 0.05) is 19.1 Å². The Balaban J connectivity index is 2.35. The van der Waals surface area contributed by atoms with Gasteiger partial charge in [-0.05, 0) is 50.8 Å². The van der Waals surface area contributed by atoms with E-state index >= 15 is 0 Å². The zero-order valence-electron chi connectivity index (χ0n) is 14.5. The molecule has 0 spiro atoms. The minimum absolute atomic E-state index is 0.0870. The molecule has 1 aliphatic rings. The third kappa shape index (κ3) is 4.27. The predicted molar refractivity (Wildman–Crippen MR) is 92.8 cm³/mol. The molecule has 0 saturated carbocycles. The number of hydrogen-bond acceptors (Lipinski definition) is 4. The standard InChI is InChI=1S/C17H26N2O4S/c1-4-13(2)18-24(21,22)14-8-9-16(23-3)15(12-14)17(20)19-10-6-5-7-11-19/h8-9,12-13,18H,4-7,10-11H2,1-3H3/t13-/m1/s1. The Morgan fingerprint density at radius 3 is 2.54 bits per heavy atom. The molecule has 1 amide bonds.